The number of benzene rings is 2. The summed E-state index contributed by atoms with van der Waals surface area (Å²) in [6.45, 7) is 9.32. The van der Waals surface area contributed by atoms with Crippen LogP contribution in [-0.4, -0.2) is 13.1 Å². The molecule has 0 bridgehead atoms. The molecule has 3 aromatic rings. The van der Waals surface area contributed by atoms with Gasteiger partial charge in [-0.15, -0.1) is 0 Å². The van der Waals surface area contributed by atoms with Crippen LogP contribution in [-0.2, 0) is 0 Å². The van der Waals surface area contributed by atoms with Crippen LogP contribution in [0.4, 0.5) is 0 Å². The molecule has 0 radical (unpaired) electrons. The fourth-order valence-electron chi connectivity index (χ4n) is 2.94. The van der Waals surface area contributed by atoms with E-state index < -0.39 is 8.07 Å². The maximum atomic E-state index is 4.76. The average molecular weight is 291 g/mol. The van der Waals surface area contributed by atoms with Gasteiger partial charge in [0.05, 0.1) is 13.8 Å². The minimum Gasteiger partial charge on any atom is -0.256 e. The molecule has 0 unspecified atom stereocenters. The summed E-state index contributed by atoms with van der Waals surface area (Å²) in [5.41, 5.74) is 3.66. The maximum absolute atomic E-state index is 4.76. The summed E-state index contributed by atoms with van der Waals surface area (Å²) in [6, 6.07) is 17.2. The van der Waals surface area contributed by atoms with Crippen LogP contribution >= 0.6 is 0 Å². The lowest BCUT2D eigenvalue weighted by Gasteiger charge is -2.19. The highest BCUT2D eigenvalue weighted by Crippen LogP contribution is 2.27. The average Bonchev–Trinajstić information content (AvgIpc) is 2.45. The van der Waals surface area contributed by atoms with Gasteiger partial charge in [-0.3, -0.25) is 4.98 Å². The van der Waals surface area contributed by atoms with Crippen molar-refractivity contribution in [3.05, 3.63) is 60.3 Å². The molecule has 0 atom stereocenters. The predicted octanol–water partition coefficient (Wildman–Crippen LogP) is 4.76. The Labute approximate surface area is 127 Å². The van der Waals surface area contributed by atoms with Crippen molar-refractivity contribution in [1.82, 2.24) is 4.98 Å². The Bertz CT molecular complexity index is 795. The van der Waals surface area contributed by atoms with E-state index >= 15 is 0 Å². The van der Waals surface area contributed by atoms with Crippen LogP contribution in [0.25, 0.3) is 22.0 Å². The zero-order chi connectivity index (χ0) is 15.0. The van der Waals surface area contributed by atoms with Gasteiger partial charge in [0.1, 0.15) is 0 Å². The summed E-state index contributed by atoms with van der Waals surface area (Å²) >= 11 is 0. The van der Waals surface area contributed by atoms with E-state index in [9.17, 15) is 0 Å². The fourth-order valence-corrected chi connectivity index (χ4v) is 4.64. The maximum Gasteiger partial charge on any atom is 0.0799 e. The second-order valence-corrected chi connectivity index (χ2v) is 11.7. The number of aromatic nitrogens is 1. The summed E-state index contributed by atoms with van der Waals surface area (Å²) in [6.07, 6.45) is 2.10. The first-order valence-electron chi connectivity index (χ1n) is 7.42. The van der Waals surface area contributed by atoms with Gasteiger partial charge in [0.25, 0.3) is 0 Å². The summed E-state index contributed by atoms with van der Waals surface area (Å²) in [5.74, 6) is 0. The fraction of sp³-hybridized carbons (Fsp3) is 0.211. The molecule has 0 spiro atoms. The van der Waals surface area contributed by atoms with Gasteiger partial charge in [-0.05, 0) is 34.5 Å². The van der Waals surface area contributed by atoms with Crippen LogP contribution in [0.2, 0.25) is 19.6 Å². The zero-order valence-corrected chi connectivity index (χ0v) is 14.1. The Kier molecular flexibility index (Phi) is 3.42. The van der Waals surface area contributed by atoms with Crippen molar-refractivity contribution in [2.45, 2.75) is 26.6 Å². The van der Waals surface area contributed by atoms with E-state index in [0.717, 1.165) is 5.69 Å². The van der Waals surface area contributed by atoms with Gasteiger partial charge in [0.15, 0.2) is 0 Å². The molecule has 0 amide bonds. The number of hydrogen-bond acceptors (Lipinski definition) is 1. The van der Waals surface area contributed by atoms with E-state index in [0.29, 0.717) is 0 Å². The molecule has 1 heterocycles. The van der Waals surface area contributed by atoms with Crippen molar-refractivity contribution in [2.75, 3.05) is 0 Å². The molecular weight excluding hydrogens is 270 g/mol. The lowest BCUT2D eigenvalue weighted by molar-refractivity contribution is 1.31. The first-order chi connectivity index (χ1) is 9.97. The third-order valence-corrected chi connectivity index (χ3v) is 6.12. The second-order valence-electron chi connectivity index (χ2n) is 6.66. The number of nitrogens with zero attached hydrogens (tertiary/aromatic N) is 1. The van der Waals surface area contributed by atoms with Crippen LogP contribution in [0.3, 0.4) is 0 Å². The zero-order valence-electron chi connectivity index (χ0n) is 13.1. The van der Waals surface area contributed by atoms with E-state index in [1.54, 1.807) is 0 Å². The van der Waals surface area contributed by atoms with Crippen LogP contribution in [0.1, 0.15) is 5.56 Å². The van der Waals surface area contributed by atoms with E-state index in [-0.39, 0.29) is 0 Å². The molecule has 3 rings (SSSR count). The molecule has 0 aliphatic heterocycles. The van der Waals surface area contributed by atoms with Crippen LogP contribution < -0.4 is 5.19 Å². The SMILES string of the molecule is Cc1cc(-c2cccc3ccccc23)ncc1[Si](C)(C)C. The van der Waals surface area contributed by atoms with Crippen LogP contribution in [0.5, 0.6) is 0 Å². The monoisotopic (exact) mass is 291 g/mol. The predicted molar refractivity (Wildman–Crippen MR) is 94.9 cm³/mol. The van der Waals surface area contributed by atoms with Gasteiger partial charge in [-0.1, -0.05) is 62.1 Å². The molecule has 0 fully saturated rings. The molecule has 2 heteroatoms. The minimum absolute atomic E-state index is 1.08. The standard InChI is InChI=1S/C19H21NSi/c1-14-12-18(20-13-19(14)21(2,3)4)17-11-7-9-15-8-5-6-10-16(15)17/h5-13H,1-4H3. The lowest BCUT2D eigenvalue weighted by Crippen LogP contribution is -2.39. The van der Waals surface area contributed by atoms with Crippen molar-refractivity contribution >= 4 is 24.0 Å². The highest BCUT2D eigenvalue weighted by molar-refractivity contribution is 6.89. The number of hydrogen-bond donors (Lipinski definition) is 0. The van der Waals surface area contributed by atoms with Gasteiger partial charge in [-0.25, -0.2) is 0 Å². The summed E-state index contributed by atoms with van der Waals surface area (Å²) in [4.78, 5) is 4.76. The Morgan fingerprint density at radius 1 is 0.905 bits per heavy atom. The highest BCUT2D eigenvalue weighted by atomic mass is 28.3. The second kappa shape index (κ2) is 5.12. The van der Waals surface area contributed by atoms with Gasteiger partial charge in [0, 0.05) is 11.8 Å². The van der Waals surface area contributed by atoms with Gasteiger partial charge in [0.2, 0.25) is 0 Å². The molecule has 0 aliphatic rings. The molecule has 1 nitrogen and oxygen atoms in total. The molecule has 2 aromatic carbocycles. The Hall–Kier alpha value is -1.93. The molecule has 0 aliphatic carbocycles. The minimum atomic E-state index is -1.32. The van der Waals surface area contributed by atoms with Gasteiger partial charge < -0.3 is 0 Å². The number of rotatable bonds is 2. The van der Waals surface area contributed by atoms with E-state index in [4.69, 9.17) is 4.98 Å². The topological polar surface area (TPSA) is 12.9 Å². The van der Waals surface area contributed by atoms with Crippen molar-refractivity contribution in [3.8, 4) is 11.3 Å². The Morgan fingerprint density at radius 3 is 2.33 bits per heavy atom. The quantitative estimate of drug-likeness (QED) is 0.621. The molecule has 0 saturated heterocycles. The molecule has 1 aromatic heterocycles. The Morgan fingerprint density at radius 2 is 1.62 bits per heavy atom. The molecule has 0 N–H and O–H groups in total. The van der Waals surface area contributed by atoms with Crippen molar-refractivity contribution in [1.29, 1.82) is 0 Å². The Balaban J connectivity index is 2.18. The summed E-state index contributed by atoms with van der Waals surface area (Å²) in [7, 11) is -1.32. The van der Waals surface area contributed by atoms with E-state index in [2.05, 4.69) is 81.3 Å². The van der Waals surface area contributed by atoms with Crippen molar-refractivity contribution < 1.29 is 0 Å². The van der Waals surface area contributed by atoms with Gasteiger partial charge >= 0.3 is 0 Å². The van der Waals surface area contributed by atoms with Crippen LogP contribution in [0.15, 0.2) is 54.7 Å². The number of fused-ring (bicyclic) bond motifs is 1. The summed E-state index contributed by atoms with van der Waals surface area (Å²) in [5, 5.41) is 3.99. The van der Waals surface area contributed by atoms with Crippen molar-refractivity contribution in [2.24, 2.45) is 0 Å². The number of aryl methyl sites for hydroxylation is 1. The molecular formula is C19H21NSi. The third kappa shape index (κ3) is 2.64. The number of pyridine rings is 1. The largest absolute Gasteiger partial charge is 0.256 e. The first kappa shape index (κ1) is 14.0. The summed E-state index contributed by atoms with van der Waals surface area (Å²) < 4.78 is 0. The third-order valence-electron chi connectivity index (χ3n) is 3.98. The lowest BCUT2D eigenvalue weighted by atomic mass is 10.0. The van der Waals surface area contributed by atoms with Crippen molar-refractivity contribution in [3.63, 3.8) is 0 Å². The van der Waals surface area contributed by atoms with E-state index in [1.165, 1.54) is 27.1 Å². The highest BCUT2D eigenvalue weighted by Gasteiger charge is 2.19. The molecule has 21 heavy (non-hydrogen) atoms. The smallest absolute Gasteiger partial charge is 0.0799 e. The molecule has 106 valence electrons. The van der Waals surface area contributed by atoms with Crippen LogP contribution in [0, 0.1) is 6.92 Å². The first-order valence-corrected chi connectivity index (χ1v) is 10.9. The van der Waals surface area contributed by atoms with E-state index in [1.807, 2.05) is 0 Å². The molecule has 0 saturated carbocycles. The normalized spacial score (nSPS) is 11.8. The van der Waals surface area contributed by atoms with Gasteiger partial charge in [-0.2, -0.15) is 0 Å².